The van der Waals surface area contributed by atoms with Crippen LogP contribution in [0.3, 0.4) is 0 Å². The largest absolute Gasteiger partial charge is 0.493 e. The van der Waals surface area contributed by atoms with Crippen molar-refractivity contribution in [2.75, 3.05) is 48.3 Å². The van der Waals surface area contributed by atoms with Gasteiger partial charge in [0.05, 0.1) is 28.8 Å². The Kier molecular flexibility index (Phi) is 8.34. The molecule has 3 aromatic carbocycles. The lowest BCUT2D eigenvalue weighted by Gasteiger charge is -2.36. The van der Waals surface area contributed by atoms with Crippen LogP contribution in [0.5, 0.6) is 5.75 Å². The molecule has 0 spiro atoms. The van der Waals surface area contributed by atoms with E-state index in [1.54, 1.807) is 23.1 Å². The number of rotatable bonds is 7. The van der Waals surface area contributed by atoms with E-state index >= 15 is 0 Å². The zero-order chi connectivity index (χ0) is 24.6. The molecule has 7 nitrogen and oxygen atoms in total. The average molecular weight is 513 g/mol. The third-order valence-electron chi connectivity index (χ3n) is 5.62. The summed E-state index contributed by atoms with van der Waals surface area (Å²) in [6.45, 7) is 2.81. The second kappa shape index (κ2) is 11.8. The van der Waals surface area contributed by atoms with Crippen molar-refractivity contribution in [3.05, 3.63) is 82.8 Å². The molecule has 4 rings (SSSR count). The number of anilines is 3. The molecule has 0 atom stereocenters. The second-order valence-corrected chi connectivity index (χ2v) is 8.82. The zero-order valence-electron chi connectivity index (χ0n) is 19.0. The van der Waals surface area contributed by atoms with Gasteiger partial charge in [0.1, 0.15) is 5.75 Å². The molecule has 0 aliphatic carbocycles. The molecule has 3 aromatic rings. The minimum absolute atomic E-state index is 0.105. The maximum absolute atomic E-state index is 12.6. The smallest absolute Gasteiger partial charge is 0.322 e. The Morgan fingerprint density at radius 1 is 0.800 bits per heavy atom. The van der Waals surface area contributed by atoms with E-state index in [1.165, 1.54) is 0 Å². The number of para-hydroxylation sites is 2. The molecule has 0 radical (unpaired) electrons. The number of amides is 3. The predicted molar refractivity (Wildman–Crippen MR) is 141 cm³/mol. The fraction of sp³-hybridized carbons (Fsp3) is 0.231. The third-order valence-corrected chi connectivity index (χ3v) is 6.25. The fourth-order valence-corrected chi connectivity index (χ4v) is 4.22. The number of urea groups is 1. The van der Waals surface area contributed by atoms with Crippen molar-refractivity contribution in [3.8, 4) is 5.75 Å². The number of hydrogen-bond donors (Lipinski definition) is 2. The van der Waals surface area contributed by atoms with Crippen LogP contribution < -0.4 is 20.3 Å². The number of nitrogens with zero attached hydrogens (tertiary/aromatic N) is 2. The number of carbonyl (C=O) groups excluding carboxylic acids is 2. The van der Waals surface area contributed by atoms with E-state index in [0.717, 1.165) is 17.1 Å². The van der Waals surface area contributed by atoms with Gasteiger partial charge in [0.2, 0.25) is 5.91 Å². The van der Waals surface area contributed by atoms with Crippen LogP contribution in [0.15, 0.2) is 72.8 Å². The summed E-state index contributed by atoms with van der Waals surface area (Å²) < 4.78 is 5.57. The standard InChI is InChI=1S/C26H26Cl2N4O3/c27-22-7-4-8-23(28)25(22)30-26(34)32-16-14-31(15-17-32)20-11-9-19(10-12-20)29-24(33)13-18-35-21-5-2-1-3-6-21/h1-12H,13-18H2,(H,29,33)(H,30,34). The van der Waals surface area contributed by atoms with E-state index in [4.69, 9.17) is 27.9 Å². The molecule has 2 N–H and O–H groups in total. The molecular weight excluding hydrogens is 487 g/mol. The van der Waals surface area contributed by atoms with Crippen LogP contribution in [0.25, 0.3) is 0 Å². The van der Waals surface area contributed by atoms with Gasteiger partial charge in [0.15, 0.2) is 0 Å². The SMILES string of the molecule is O=C(CCOc1ccccc1)Nc1ccc(N2CCN(C(=O)Nc3c(Cl)cccc3Cl)CC2)cc1. The predicted octanol–water partition coefficient (Wildman–Crippen LogP) is 5.76. The maximum atomic E-state index is 12.6. The summed E-state index contributed by atoms with van der Waals surface area (Å²) in [6.07, 6.45) is 0.264. The van der Waals surface area contributed by atoms with E-state index < -0.39 is 0 Å². The molecule has 0 saturated carbocycles. The Bertz CT molecular complexity index is 1130. The Morgan fingerprint density at radius 3 is 2.11 bits per heavy atom. The van der Waals surface area contributed by atoms with E-state index in [9.17, 15) is 9.59 Å². The van der Waals surface area contributed by atoms with Crippen molar-refractivity contribution in [1.29, 1.82) is 0 Å². The first-order valence-corrected chi connectivity index (χ1v) is 12.1. The van der Waals surface area contributed by atoms with Crippen molar-refractivity contribution in [1.82, 2.24) is 4.90 Å². The van der Waals surface area contributed by atoms with Crippen molar-refractivity contribution < 1.29 is 14.3 Å². The molecule has 9 heteroatoms. The summed E-state index contributed by atoms with van der Waals surface area (Å²) >= 11 is 12.3. The lowest BCUT2D eigenvalue weighted by Crippen LogP contribution is -2.50. The summed E-state index contributed by atoms with van der Waals surface area (Å²) in [5, 5.41) is 6.51. The van der Waals surface area contributed by atoms with Gasteiger partial charge in [-0.1, -0.05) is 47.5 Å². The van der Waals surface area contributed by atoms with Crippen LogP contribution in [0.4, 0.5) is 21.9 Å². The molecule has 0 aromatic heterocycles. The molecule has 0 bridgehead atoms. The number of hydrogen-bond acceptors (Lipinski definition) is 4. The van der Waals surface area contributed by atoms with Gasteiger partial charge >= 0.3 is 6.03 Å². The summed E-state index contributed by atoms with van der Waals surface area (Å²) in [4.78, 5) is 28.8. The van der Waals surface area contributed by atoms with Crippen LogP contribution >= 0.6 is 23.2 Å². The quantitative estimate of drug-likeness (QED) is 0.422. The number of carbonyl (C=O) groups is 2. The summed E-state index contributed by atoms with van der Waals surface area (Å²) in [5.41, 5.74) is 2.19. The molecule has 0 unspecified atom stereocenters. The summed E-state index contributed by atoms with van der Waals surface area (Å²) in [7, 11) is 0. The summed E-state index contributed by atoms with van der Waals surface area (Å²) in [6, 6.07) is 22.0. The number of piperazine rings is 1. The fourth-order valence-electron chi connectivity index (χ4n) is 3.73. The Hall–Kier alpha value is -3.42. The highest BCUT2D eigenvalue weighted by molar-refractivity contribution is 6.39. The van der Waals surface area contributed by atoms with Crippen molar-refractivity contribution in [2.45, 2.75) is 6.42 Å². The van der Waals surface area contributed by atoms with Crippen LogP contribution in [-0.2, 0) is 4.79 Å². The van der Waals surface area contributed by atoms with Gasteiger partial charge in [-0.15, -0.1) is 0 Å². The van der Waals surface area contributed by atoms with Gasteiger partial charge in [-0.3, -0.25) is 4.79 Å². The topological polar surface area (TPSA) is 73.9 Å². The van der Waals surface area contributed by atoms with Crippen LogP contribution in [0.2, 0.25) is 10.0 Å². The molecular formula is C26H26Cl2N4O3. The first-order valence-electron chi connectivity index (χ1n) is 11.3. The monoisotopic (exact) mass is 512 g/mol. The van der Waals surface area contributed by atoms with Crippen LogP contribution in [0, 0.1) is 0 Å². The van der Waals surface area contributed by atoms with E-state index in [-0.39, 0.29) is 18.4 Å². The highest BCUT2D eigenvalue weighted by Crippen LogP contribution is 2.30. The normalized spacial score (nSPS) is 13.3. The van der Waals surface area contributed by atoms with Gasteiger partial charge in [-0.25, -0.2) is 4.79 Å². The Labute approximate surface area is 214 Å². The van der Waals surface area contributed by atoms with Gasteiger partial charge in [0.25, 0.3) is 0 Å². The van der Waals surface area contributed by atoms with Gasteiger partial charge in [0, 0.05) is 37.6 Å². The second-order valence-electron chi connectivity index (χ2n) is 8.01. The van der Waals surface area contributed by atoms with E-state index in [1.807, 2.05) is 54.6 Å². The molecule has 1 aliphatic rings. The van der Waals surface area contributed by atoms with Crippen LogP contribution in [0.1, 0.15) is 6.42 Å². The number of benzene rings is 3. The first-order chi connectivity index (χ1) is 17.0. The maximum Gasteiger partial charge on any atom is 0.322 e. The molecule has 1 heterocycles. The van der Waals surface area contributed by atoms with E-state index in [0.29, 0.717) is 48.5 Å². The van der Waals surface area contributed by atoms with E-state index in [2.05, 4.69) is 15.5 Å². The van der Waals surface area contributed by atoms with Gasteiger partial charge in [-0.05, 0) is 48.5 Å². The summed E-state index contributed by atoms with van der Waals surface area (Å²) in [5.74, 6) is 0.641. The van der Waals surface area contributed by atoms with Gasteiger partial charge in [-0.2, -0.15) is 0 Å². The number of ether oxygens (including phenoxy) is 1. The molecule has 3 amide bonds. The van der Waals surface area contributed by atoms with Gasteiger partial charge < -0.3 is 25.2 Å². The molecule has 1 aliphatic heterocycles. The lowest BCUT2D eigenvalue weighted by molar-refractivity contribution is -0.116. The Morgan fingerprint density at radius 2 is 1.46 bits per heavy atom. The lowest BCUT2D eigenvalue weighted by atomic mass is 10.2. The van der Waals surface area contributed by atoms with Crippen molar-refractivity contribution >= 4 is 52.2 Å². The molecule has 1 fully saturated rings. The van der Waals surface area contributed by atoms with Crippen molar-refractivity contribution in [2.24, 2.45) is 0 Å². The highest BCUT2D eigenvalue weighted by atomic mass is 35.5. The molecule has 182 valence electrons. The zero-order valence-corrected chi connectivity index (χ0v) is 20.6. The molecule has 1 saturated heterocycles. The first kappa shape index (κ1) is 24.7. The Balaban J connectivity index is 1.22. The third kappa shape index (κ3) is 6.81. The minimum atomic E-state index is -0.228. The average Bonchev–Trinajstić information content (AvgIpc) is 2.87. The van der Waals surface area contributed by atoms with Crippen LogP contribution in [-0.4, -0.2) is 49.6 Å². The highest BCUT2D eigenvalue weighted by Gasteiger charge is 2.22. The number of halogens is 2. The minimum Gasteiger partial charge on any atom is -0.493 e. The number of nitrogens with one attached hydrogen (secondary N) is 2. The molecule has 35 heavy (non-hydrogen) atoms. The van der Waals surface area contributed by atoms with Crippen molar-refractivity contribution in [3.63, 3.8) is 0 Å².